The third kappa shape index (κ3) is 0.746. The Balaban J connectivity index is 2.40. The fourth-order valence-electron chi connectivity index (χ4n) is 2.28. The van der Waals surface area contributed by atoms with Crippen LogP contribution in [0.2, 0.25) is 0 Å². The normalized spacial score (nSPS) is 46.8. The lowest BCUT2D eigenvalue weighted by molar-refractivity contribution is -0.139. The number of carbonyl (C=O) groups is 2. The Hall–Kier alpha value is -0.700. The van der Waals surface area contributed by atoms with Crippen LogP contribution in [-0.2, 0) is 9.59 Å². The van der Waals surface area contributed by atoms with Gasteiger partial charge < -0.3 is 5.11 Å². The molecule has 0 aromatic carbocycles. The fraction of sp³-hybridized carbons (Fsp3) is 0.778. The second kappa shape index (κ2) is 2.16. The highest BCUT2D eigenvalue weighted by molar-refractivity contribution is 6.14. The van der Waals surface area contributed by atoms with Gasteiger partial charge in [0.2, 0.25) is 0 Å². The minimum Gasteiger partial charge on any atom is -0.392 e. The molecule has 66 valence electrons. The third-order valence-electron chi connectivity index (χ3n) is 3.31. The number of ketones is 2. The molecule has 2 saturated carbocycles. The molecule has 3 heteroatoms. The zero-order chi connectivity index (χ0) is 8.93. The van der Waals surface area contributed by atoms with Gasteiger partial charge in [-0.15, -0.1) is 0 Å². The Labute approximate surface area is 70.8 Å². The summed E-state index contributed by atoms with van der Waals surface area (Å²) in [5, 5.41) is 9.43. The van der Waals surface area contributed by atoms with E-state index >= 15 is 0 Å². The summed E-state index contributed by atoms with van der Waals surface area (Å²) in [7, 11) is 0. The third-order valence-corrected chi connectivity index (χ3v) is 3.31. The van der Waals surface area contributed by atoms with E-state index in [2.05, 4.69) is 0 Å². The predicted octanol–water partition coefficient (Wildman–Crippen LogP) is 0.305. The molecule has 12 heavy (non-hydrogen) atoms. The van der Waals surface area contributed by atoms with Crippen LogP contribution in [0.25, 0.3) is 0 Å². The average Bonchev–Trinajstić information content (AvgIpc) is 2.17. The van der Waals surface area contributed by atoms with Crippen molar-refractivity contribution in [2.75, 3.05) is 0 Å². The Morgan fingerprint density at radius 3 is 2.75 bits per heavy atom. The highest BCUT2D eigenvalue weighted by atomic mass is 16.3. The van der Waals surface area contributed by atoms with Crippen LogP contribution in [0.4, 0.5) is 0 Å². The van der Waals surface area contributed by atoms with Crippen molar-refractivity contribution in [2.24, 2.45) is 11.3 Å². The van der Waals surface area contributed by atoms with Crippen LogP contribution in [-0.4, -0.2) is 22.8 Å². The summed E-state index contributed by atoms with van der Waals surface area (Å²) in [6.07, 6.45) is 0.814. The van der Waals surface area contributed by atoms with E-state index in [0.717, 1.165) is 0 Å². The number of carbonyl (C=O) groups excluding carboxylic acids is 2. The summed E-state index contributed by atoms with van der Waals surface area (Å²) in [6, 6.07) is 0. The number of fused-ring (bicyclic) bond motifs is 2. The Bertz CT molecular complexity index is 258. The van der Waals surface area contributed by atoms with E-state index in [1.165, 1.54) is 0 Å². The molecule has 0 aromatic rings. The number of Topliss-reactive ketones (excluding diaryl/α,β-unsaturated/α-hetero) is 2. The summed E-state index contributed by atoms with van der Waals surface area (Å²) in [5.74, 6) is -0.406. The number of rotatable bonds is 0. The second-order valence-corrected chi connectivity index (χ2v) is 4.04. The number of aliphatic hydroxyl groups excluding tert-OH is 1. The summed E-state index contributed by atoms with van der Waals surface area (Å²) >= 11 is 0. The van der Waals surface area contributed by atoms with Crippen molar-refractivity contribution in [3.05, 3.63) is 0 Å². The molecule has 0 unspecified atom stereocenters. The molecule has 2 rings (SSSR count). The van der Waals surface area contributed by atoms with Crippen LogP contribution in [0.15, 0.2) is 0 Å². The molecular formula is C9H12O3. The van der Waals surface area contributed by atoms with Crippen molar-refractivity contribution < 1.29 is 14.7 Å². The van der Waals surface area contributed by atoms with E-state index in [-0.39, 0.29) is 18.0 Å². The number of aliphatic hydroxyl groups is 1. The van der Waals surface area contributed by atoms with Crippen LogP contribution in [0.3, 0.4) is 0 Å². The van der Waals surface area contributed by atoms with E-state index in [9.17, 15) is 14.7 Å². The van der Waals surface area contributed by atoms with Gasteiger partial charge in [-0.05, 0) is 19.8 Å². The minimum absolute atomic E-state index is 0.0223. The average molecular weight is 168 g/mol. The molecule has 0 heterocycles. The molecule has 2 aliphatic rings. The SMILES string of the molecule is C[C@@]12CC[C@@H](O)[C@@H](CC1=O)C2=O. The van der Waals surface area contributed by atoms with Crippen LogP contribution in [0, 0.1) is 11.3 Å². The summed E-state index contributed by atoms with van der Waals surface area (Å²) in [6.45, 7) is 1.71. The Morgan fingerprint density at radius 1 is 1.50 bits per heavy atom. The molecule has 2 fully saturated rings. The molecular weight excluding hydrogens is 156 g/mol. The Kier molecular flexibility index (Phi) is 1.43. The maximum Gasteiger partial charge on any atom is 0.152 e. The molecule has 0 spiro atoms. The van der Waals surface area contributed by atoms with Crippen LogP contribution in [0.1, 0.15) is 26.2 Å². The van der Waals surface area contributed by atoms with Crippen molar-refractivity contribution in [2.45, 2.75) is 32.3 Å². The van der Waals surface area contributed by atoms with E-state index < -0.39 is 17.4 Å². The fourth-order valence-corrected chi connectivity index (χ4v) is 2.28. The highest BCUT2D eigenvalue weighted by Crippen LogP contribution is 2.45. The van der Waals surface area contributed by atoms with Gasteiger partial charge in [0.05, 0.1) is 17.4 Å². The van der Waals surface area contributed by atoms with Crippen molar-refractivity contribution >= 4 is 11.6 Å². The zero-order valence-corrected chi connectivity index (χ0v) is 7.04. The lowest BCUT2D eigenvalue weighted by Gasteiger charge is -2.28. The van der Waals surface area contributed by atoms with Crippen LogP contribution < -0.4 is 0 Å². The second-order valence-electron chi connectivity index (χ2n) is 4.04. The monoisotopic (exact) mass is 168 g/mol. The first-order chi connectivity index (χ1) is 5.55. The summed E-state index contributed by atoms with van der Waals surface area (Å²) in [4.78, 5) is 23.0. The van der Waals surface area contributed by atoms with Gasteiger partial charge in [0.1, 0.15) is 5.78 Å². The van der Waals surface area contributed by atoms with Crippen molar-refractivity contribution in [3.63, 3.8) is 0 Å². The number of hydrogen-bond acceptors (Lipinski definition) is 3. The molecule has 0 saturated heterocycles. The largest absolute Gasteiger partial charge is 0.392 e. The summed E-state index contributed by atoms with van der Waals surface area (Å²) in [5.41, 5.74) is -0.746. The van der Waals surface area contributed by atoms with Crippen LogP contribution >= 0.6 is 0 Å². The first-order valence-corrected chi connectivity index (χ1v) is 4.31. The maximum absolute atomic E-state index is 11.5. The van der Waals surface area contributed by atoms with E-state index in [1.807, 2.05) is 0 Å². The molecule has 0 aliphatic heterocycles. The zero-order valence-electron chi connectivity index (χ0n) is 7.04. The van der Waals surface area contributed by atoms with Gasteiger partial charge in [-0.25, -0.2) is 0 Å². The van der Waals surface area contributed by atoms with E-state index in [1.54, 1.807) is 6.92 Å². The van der Waals surface area contributed by atoms with Crippen LogP contribution in [0.5, 0.6) is 0 Å². The van der Waals surface area contributed by atoms with Gasteiger partial charge in [-0.2, -0.15) is 0 Å². The van der Waals surface area contributed by atoms with Gasteiger partial charge >= 0.3 is 0 Å². The van der Waals surface area contributed by atoms with Crippen molar-refractivity contribution in [1.82, 2.24) is 0 Å². The van der Waals surface area contributed by atoms with Gasteiger partial charge in [0.15, 0.2) is 5.78 Å². The van der Waals surface area contributed by atoms with E-state index in [4.69, 9.17) is 0 Å². The van der Waals surface area contributed by atoms with Crippen molar-refractivity contribution in [3.8, 4) is 0 Å². The topological polar surface area (TPSA) is 54.4 Å². The smallest absolute Gasteiger partial charge is 0.152 e. The molecule has 2 aliphatic carbocycles. The first-order valence-electron chi connectivity index (χ1n) is 4.31. The van der Waals surface area contributed by atoms with E-state index in [0.29, 0.717) is 12.8 Å². The molecule has 1 N–H and O–H groups in total. The maximum atomic E-state index is 11.5. The van der Waals surface area contributed by atoms with Gasteiger partial charge in [0, 0.05) is 6.42 Å². The molecule has 0 radical (unpaired) electrons. The van der Waals surface area contributed by atoms with Gasteiger partial charge in [0.25, 0.3) is 0 Å². The molecule has 3 nitrogen and oxygen atoms in total. The predicted molar refractivity (Wildman–Crippen MR) is 41.5 cm³/mol. The minimum atomic E-state index is -0.746. The Morgan fingerprint density at radius 2 is 2.17 bits per heavy atom. The quantitative estimate of drug-likeness (QED) is 0.529. The lowest BCUT2D eigenvalue weighted by atomic mass is 9.75. The molecule has 0 amide bonds. The summed E-state index contributed by atoms with van der Waals surface area (Å²) < 4.78 is 0. The lowest BCUT2D eigenvalue weighted by Crippen LogP contribution is -2.39. The highest BCUT2D eigenvalue weighted by Gasteiger charge is 2.56. The molecule has 2 bridgehead atoms. The molecule has 3 atom stereocenters. The van der Waals surface area contributed by atoms with Gasteiger partial charge in [-0.1, -0.05) is 0 Å². The standard InChI is InChI=1S/C9H12O3/c1-9-3-2-6(10)5(8(9)12)4-7(9)11/h5-6,10H,2-4H2,1H3/t5-,6-,9-/m1/s1. The number of hydrogen-bond donors (Lipinski definition) is 1. The van der Waals surface area contributed by atoms with Gasteiger partial charge in [-0.3, -0.25) is 9.59 Å². The first kappa shape index (κ1) is 7.92. The van der Waals surface area contributed by atoms with Crippen molar-refractivity contribution in [1.29, 1.82) is 0 Å². The molecule has 0 aromatic heterocycles.